The van der Waals surface area contributed by atoms with Gasteiger partial charge in [-0.2, -0.15) is 5.26 Å². The Kier molecular flexibility index (Phi) is 6.00. The van der Waals surface area contributed by atoms with E-state index in [-0.39, 0.29) is 18.2 Å². The lowest BCUT2D eigenvalue weighted by Crippen LogP contribution is -2.40. The fraction of sp³-hybridized carbons (Fsp3) is 0.556. The van der Waals surface area contributed by atoms with Gasteiger partial charge < -0.3 is 15.0 Å². The van der Waals surface area contributed by atoms with Crippen LogP contribution in [0.4, 0.5) is 4.79 Å². The highest BCUT2D eigenvalue weighted by Gasteiger charge is 2.27. The third-order valence-corrected chi connectivity index (χ3v) is 3.98. The van der Waals surface area contributed by atoms with E-state index in [1.165, 1.54) is 0 Å². The molecule has 23 heavy (non-hydrogen) atoms. The minimum Gasteiger partial charge on any atom is -0.376 e. The second kappa shape index (κ2) is 7.98. The smallest absolute Gasteiger partial charge is 0.317 e. The van der Waals surface area contributed by atoms with Crippen molar-refractivity contribution < 1.29 is 9.53 Å². The van der Waals surface area contributed by atoms with E-state index < -0.39 is 0 Å². The summed E-state index contributed by atoms with van der Waals surface area (Å²) < 4.78 is 5.81. The Morgan fingerprint density at radius 1 is 1.39 bits per heavy atom. The van der Waals surface area contributed by atoms with Crippen LogP contribution in [0.25, 0.3) is 0 Å². The summed E-state index contributed by atoms with van der Waals surface area (Å²) in [6, 6.07) is 9.23. The zero-order valence-corrected chi connectivity index (χ0v) is 14.1. The predicted molar refractivity (Wildman–Crippen MR) is 88.9 cm³/mol. The number of nitrogens with zero attached hydrogens (tertiary/aromatic N) is 2. The molecule has 1 N–H and O–H groups in total. The summed E-state index contributed by atoms with van der Waals surface area (Å²) in [5.74, 6) is 0.509. The Labute approximate surface area is 138 Å². The summed E-state index contributed by atoms with van der Waals surface area (Å²) >= 11 is 0. The molecule has 1 heterocycles. The van der Waals surface area contributed by atoms with Gasteiger partial charge in [-0.1, -0.05) is 26.0 Å². The molecule has 1 aromatic rings. The zero-order valence-electron chi connectivity index (χ0n) is 14.1. The van der Waals surface area contributed by atoms with Crippen molar-refractivity contribution in [2.45, 2.75) is 39.3 Å². The van der Waals surface area contributed by atoms with Gasteiger partial charge in [0.05, 0.1) is 23.8 Å². The molecular formula is C18H25N3O2. The first-order valence-electron chi connectivity index (χ1n) is 8.16. The molecule has 0 unspecified atom stereocenters. The van der Waals surface area contributed by atoms with Crippen molar-refractivity contribution in [2.24, 2.45) is 5.92 Å². The Bertz CT molecular complexity index is 563. The van der Waals surface area contributed by atoms with Gasteiger partial charge in [-0.3, -0.25) is 0 Å². The van der Waals surface area contributed by atoms with Crippen LogP contribution in [0.2, 0.25) is 0 Å². The van der Waals surface area contributed by atoms with Crippen LogP contribution in [-0.4, -0.2) is 36.7 Å². The van der Waals surface area contributed by atoms with Crippen LogP contribution in [0.3, 0.4) is 0 Å². The van der Waals surface area contributed by atoms with E-state index in [2.05, 4.69) is 25.2 Å². The van der Waals surface area contributed by atoms with E-state index in [0.29, 0.717) is 18.0 Å². The van der Waals surface area contributed by atoms with Gasteiger partial charge in [0.1, 0.15) is 0 Å². The summed E-state index contributed by atoms with van der Waals surface area (Å²) in [5, 5.41) is 11.8. The number of carbonyl (C=O) groups excluding carboxylic acids is 1. The maximum atomic E-state index is 12.3. The number of hydrogen-bond donors (Lipinski definition) is 1. The number of carbonyl (C=O) groups is 1. The molecule has 0 radical (unpaired) electrons. The number of amides is 2. The number of nitriles is 1. The number of likely N-dealkylation sites (tertiary alicyclic amines) is 1. The van der Waals surface area contributed by atoms with Gasteiger partial charge in [-0.05, 0) is 37.0 Å². The van der Waals surface area contributed by atoms with E-state index in [1.54, 1.807) is 12.1 Å². The molecule has 2 amide bonds. The first-order chi connectivity index (χ1) is 11.0. The number of benzene rings is 1. The average molecular weight is 315 g/mol. The van der Waals surface area contributed by atoms with Crippen LogP contribution in [0.1, 0.15) is 44.4 Å². The highest BCUT2D eigenvalue weighted by Crippen LogP contribution is 2.17. The van der Waals surface area contributed by atoms with Crippen LogP contribution >= 0.6 is 0 Å². The molecule has 0 bridgehead atoms. The molecule has 0 saturated carbocycles. The quantitative estimate of drug-likeness (QED) is 0.908. The molecule has 1 saturated heterocycles. The summed E-state index contributed by atoms with van der Waals surface area (Å²) in [6.45, 7) is 8.31. The van der Waals surface area contributed by atoms with Crippen molar-refractivity contribution in [3.8, 4) is 6.07 Å². The molecule has 1 aromatic carbocycles. The van der Waals surface area contributed by atoms with Crippen LogP contribution in [-0.2, 0) is 4.74 Å². The number of urea groups is 1. The van der Waals surface area contributed by atoms with Gasteiger partial charge in [-0.25, -0.2) is 4.79 Å². The first kappa shape index (κ1) is 17.3. The first-order valence-corrected chi connectivity index (χ1v) is 8.16. The number of ether oxygens (including phenoxy) is 1. The van der Waals surface area contributed by atoms with Crippen LogP contribution < -0.4 is 5.32 Å². The number of rotatable bonds is 5. The van der Waals surface area contributed by atoms with Crippen molar-refractivity contribution >= 4 is 6.03 Å². The molecule has 5 nitrogen and oxygen atoms in total. The third-order valence-electron chi connectivity index (χ3n) is 3.98. The second-order valence-corrected chi connectivity index (χ2v) is 6.49. The van der Waals surface area contributed by atoms with Gasteiger partial charge in [0.25, 0.3) is 0 Å². The molecule has 0 spiro atoms. The van der Waals surface area contributed by atoms with Gasteiger partial charge in [0.2, 0.25) is 0 Å². The molecule has 1 aliphatic rings. The van der Waals surface area contributed by atoms with E-state index in [4.69, 9.17) is 10.00 Å². The number of hydrogen-bond acceptors (Lipinski definition) is 3. The fourth-order valence-electron chi connectivity index (χ4n) is 2.58. The predicted octanol–water partition coefficient (Wildman–Crippen LogP) is 3.08. The van der Waals surface area contributed by atoms with E-state index >= 15 is 0 Å². The molecule has 0 aromatic heterocycles. The van der Waals surface area contributed by atoms with Crippen molar-refractivity contribution in [2.75, 3.05) is 19.7 Å². The Morgan fingerprint density at radius 2 is 2.09 bits per heavy atom. The number of nitrogens with one attached hydrogen (secondary N) is 1. The SMILES string of the molecule is CC(C)CO[C@H]1CCN(C(=O)N[C@H](C)c2ccc(C#N)cc2)C1. The minimum absolute atomic E-state index is 0.0579. The zero-order chi connectivity index (χ0) is 16.8. The van der Waals surface area contributed by atoms with Crippen LogP contribution in [0.15, 0.2) is 24.3 Å². The second-order valence-electron chi connectivity index (χ2n) is 6.49. The summed E-state index contributed by atoms with van der Waals surface area (Å²) in [6.07, 6.45) is 1.04. The van der Waals surface area contributed by atoms with Gasteiger partial charge in [0, 0.05) is 19.7 Å². The van der Waals surface area contributed by atoms with Crippen molar-refractivity contribution in [3.63, 3.8) is 0 Å². The molecular weight excluding hydrogens is 290 g/mol. The van der Waals surface area contributed by atoms with Crippen molar-refractivity contribution in [3.05, 3.63) is 35.4 Å². The maximum absolute atomic E-state index is 12.3. The lowest BCUT2D eigenvalue weighted by atomic mass is 10.1. The highest BCUT2D eigenvalue weighted by molar-refractivity contribution is 5.75. The summed E-state index contributed by atoms with van der Waals surface area (Å²) in [5.41, 5.74) is 1.61. The molecule has 124 valence electrons. The van der Waals surface area contributed by atoms with E-state index in [1.807, 2.05) is 24.0 Å². The fourth-order valence-corrected chi connectivity index (χ4v) is 2.58. The summed E-state index contributed by atoms with van der Waals surface area (Å²) in [7, 11) is 0. The molecule has 2 rings (SSSR count). The van der Waals surface area contributed by atoms with Gasteiger partial charge in [-0.15, -0.1) is 0 Å². The Hall–Kier alpha value is -2.06. The Morgan fingerprint density at radius 3 is 2.70 bits per heavy atom. The third kappa shape index (κ3) is 4.97. The van der Waals surface area contributed by atoms with Crippen LogP contribution in [0, 0.1) is 17.2 Å². The average Bonchev–Trinajstić information content (AvgIpc) is 3.02. The van der Waals surface area contributed by atoms with Gasteiger partial charge >= 0.3 is 6.03 Å². The summed E-state index contributed by atoms with van der Waals surface area (Å²) in [4.78, 5) is 14.2. The lowest BCUT2D eigenvalue weighted by molar-refractivity contribution is 0.0435. The molecule has 0 aliphatic carbocycles. The van der Waals surface area contributed by atoms with Crippen LogP contribution in [0.5, 0.6) is 0 Å². The highest BCUT2D eigenvalue weighted by atomic mass is 16.5. The maximum Gasteiger partial charge on any atom is 0.317 e. The monoisotopic (exact) mass is 315 g/mol. The molecule has 2 atom stereocenters. The lowest BCUT2D eigenvalue weighted by Gasteiger charge is -2.21. The van der Waals surface area contributed by atoms with Crippen molar-refractivity contribution in [1.82, 2.24) is 10.2 Å². The van der Waals surface area contributed by atoms with Gasteiger partial charge in [0.15, 0.2) is 0 Å². The minimum atomic E-state index is -0.0918. The van der Waals surface area contributed by atoms with Crippen molar-refractivity contribution in [1.29, 1.82) is 5.26 Å². The molecule has 5 heteroatoms. The standard InChI is InChI=1S/C18H25N3O2/c1-13(2)12-23-17-8-9-21(11-17)18(22)20-14(3)16-6-4-15(10-19)5-7-16/h4-7,13-14,17H,8-9,11-12H2,1-3H3,(H,20,22)/t14-,17+/m1/s1. The molecule has 1 fully saturated rings. The topological polar surface area (TPSA) is 65.4 Å². The largest absolute Gasteiger partial charge is 0.376 e. The Balaban J connectivity index is 1.83. The van der Waals surface area contributed by atoms with E-state index in [0.717, 1.165) is 25.1 Å². The molecule has 1 aliphatic heterocycles. The van der Waals surface area contributed by atoms with E-state index in [9.17, 15) is 4.79 Å². The normalized spacial score (nSPS) is 18.7.